The third-order valence-corrected chi connectivity index (χ3v) is 5.76. The molecule has 0 spiro atoms. The standard InChI is InChI=1S/C21H25ClN8O3S/c1-29-7-9-30(10-8-29)21-26-17(14-25-20-23-12-15(22)13-24-20)11-19(27-21)33-18-5-3-16(4-6-18)28-34(2,31)32/h3-6,11-13,28H,7-10,14H2,1-2H3,(H,23,24,25). The van der Waals surface area contributed by atoms with E-state index < -0.39 is 10.0 Å². The highest BCUT2D eigenvalue weighted by Gasteiger charge is 2.18. The molecule has 1 saturated heterocycles. The van der Waals surface area contributed by atoms with Gasteiger partial charge in [-0.3, -0.25) is 4.72 Å². The van der Waals surface area contributed by atoms with Crippen LogP contribution in [0.1, 0.15) is 5.69 Å². The molecule has 1 aliphatic rings. The SMILES string of the molecule is CN1CCN(c2nc(CNc3ncc(Cl)cn3)cc(Oc3ccc(NS(C)(=O)=O)cc3)n2)CC1. The monoisotopic (exact) mass is 504 g/mol. The maximum Gasteiger partial charge on any atom is 0.229 e. The van der Waals surface area contributed by atoms with Crippen LogP contribution in [-0.4, -0.2) is 72.7 Å². The van der Waals surface area contributed by atoms with Crippen LogP contribution in [0.25, 0.3) is 0 Å². The molecule has 1 fully saturated rings. The van der Waals surface area contributed by atoms with E-state index in [1.54, 1.807) is 30.3 Å². The first-order valence-electron chi connectivity index (χ1n) is 10.5. The Bertz CT molecular complexity index is 1220. The van der Waals surface area contributed by atoms with Gasteiger partial charge in [-0.15, -0.1) is 0 Å². The summed E-state index contributed by atoms with van der Waals surface area (Å²) in [5.41, 5.74) is 1.15. The highest BCUT2D eigenvalue weighted by atomic mass is 35.5. The van der Waals surface area contributed by atoms with Gasteiger partial charge >= 0.3 is 0 Å². The van der Waals surface area contributed by atoms with E-state index in [1.807, 2.05) is 0 Å². The summed E-state index contributed by atoms with van der Waals surface area (Å²) < 4.78 is 31.2. The Labute approximate surface area is 203 Å². The van der Waals surface area contributed by atoms with Gasteiger partial charge in [-0.1, -0.05) is 11.6 Å². The zero-order valence-corrected chi connectivity index (χ0v) is 20.3. The second-order valence-corrected chi connectivity index (χ2v) is 10.1. The van der Waals surface area contributed by atoms with Gasteiger partial charge < -0.3 is 19.9 Å². The number of anilines is 3. The first kappa shape index (κ1) is 23.9. The second-order valence-electron chi connectivity index (χ2n) is 7.87. The number of nitrogens with one attached hydrogen (secondary N) is 2. The number of rotatable bonds is 8. The molecule has 0 atom stereocenters. The smallest absolute Gasteiger partial charge is 0.229 e. The number of likely N-dealkylation sites (N-methyl/N-ethyl adjacent to an activating group) is 1. The minimum absolute atomic E-state index is 0.360. The van der Waals surface area contributed by atoms with Crippen molar-refractivity contribution in [3.8, 4) is 11.6 Å². The summed E-state index contributed by atoms with van der Waals surface area (Å²) >= 11 is 5.85. The maximum absolute atomic E-state index is 11.4. The Morgan fingerprint density at radius 1 is 1.06 bits per heavy atom. The van der Waals surface area contributed by atoms with Crippen molar-refractivity contribution in [2.24, 2.45) is 0 Å². The Morgan fingerprint density at radius 2 is 1.74 bits per heavy atom. The number of halogens is 1. The number of ether oxygens (including phenoxy) is 1. The van der Waals surface area contributed by atoms with Crippen molar-refractivity contribution in [3.05, 3.63) is 53.4 Å². The largest absolute Gasteiger partial charge is 0.439 e. The van der Waals surface area contributed by atoms with Crippen LogP contribution in [0.3, 0.4) is 0 Å². The molecule has 13 heteroatoms. The van der Waals surface area contributed by atoms with Crippen molar-refractivity contribution in [1.29, 1.82) is 0 Å². The van der Waals surface area contributed by atoms with Crippen LogP contribution in [0.15, 0.2) is 42.7 Å². The molecule has 34 heavy (non-hydrogen) atoms. The van der Waals surface area contributed by atoms with Crippen LogP contribution in [0.5, 0.6) is 11.6 Å². The van der Waals surface area contributed by atoms with Gasteiger partial charge in [0.25, 0.3) is 0 Å². The van der Waals surface area contributed by atoms with Crippen molar-refractivity contribution in [1.82, 2.24) is 24.8 Å². The second kappa shape index (κ2) is 10.4. The summed E-state index contributed by atoms with van der Waals surface area (Å²) in [5, 5.41) is 3.58. The van der Waals surface area contributed by atoms with E-state index in [9.17, 15) is 8.42 Å². The molecule has 0 aliphatic carbocycles. The summed E-state index contributed by atoms with van der Waals surface area (Å²) in [7, 11) is -1.27. The molecule has 2 N–H and O–H groups in total. The van der Waals surface area contributed by atoms with Crippen LogP contribution < -0.4 is 19.7 Å². The van der Waals surface area contributed by atoms with Crippen LogP contribution in [0.2, 0.25) is 5.02 Å². The average molecular weight is 505 g/mol. The Hall–Kier alpha value is -3.22. The Kier molecular flexibility index (Phi) is 7.29. The lowest BCUT2D eigenvalue weighted by molar-refractivity contribution is 0.310. The van der Waals surface area contributed by atoms with Gasteiger partial charge in [-0.2, -0.15) is 4.98 Å². The Morgan fingerprint density at radius 3 is 2.38 bits per heavy atom. The molecule has 2 aromatic heterocycles. The van der Waals surface area contributed by atoms with E-state index in [4.69, 9.17) is 21.3 Å². The minimum atomic E-state index is -3.35. The van der Waals surface area contributed by atoms with E-state index in [0.717, 1.165) is 32.4 Å². The van der Waals surface area contributed by atoms with Crippen LogP contribution in [0, 0.1) is 0 Å². The first-order chi connectivity index (χ1) is 16.2. The van der Waals surface area contributed by atoms with Gasteiger partial charge in [0.2, 0.25) is 27.8 Å². The van der Waals surface area contributed by atoms with E-state index >= 15 is 0 Å². The lowest BCUT2D eigenvalue weighted by atomic mass is 10.3. The molecule has 11 nitrogen and oxygen atoms in total. The van der Waals surface area contributed by atoms with Crippen LogP contribution >= 0.6 is 11.6 Å². The molecule has 180 valence electrons. The van der Waals surface area contributed by atoms with Crippen molar-refractivity contribution in [3.63, 3.8) is 0 Å². The number of piperazine rings is 1. The number of hydrogen-bond acceptors (Lipinski definition) is 10. The molecular formula is C21H25ClN8O3S. The first-order valence-corrected chi connectivity index (χ1v) is 12.8. The number of aromatic nitrogens is 4. The molecule has 0 amide bonds. The maximum atomic E-state index is 11.4. The predicted octanol–water partition coefficient (Wildman–Crippen LogP) is 2.45. The van der Waals surface area contributed by atoms with Gasteiger partial charge in [0, 0.05) is 37.9 Å². The third kappa shape index (κ3) is 6.89. The summed E-state index contributed by atoms with van der Waals surface area (Å²) in [6.45, 7) is 3.79. The average Bonchev–Trinajstić information content (AvgIpc) is 2.79. The molecular weight excluding hydrogens is 480 g/mol. The zero-order chi connectivity index (χ0) is 24.1. The number of hydrogen-bond donors (Lipinski definition) is 2. The fourth-order valence-electron chi connectivity index (χ4n) is 3.25. The lowest BCUT2D eigenvalue weighted by Gasteiger charge is -2.32. The zero-order valence-electron chi connectivity index (χ0n) is 18.8. The Balaban J connectivity index is 1.54. The number of benzene rings is 1. The van der Waals surface area contributed by atoms with E-state index in [2.05, 4.69) is 41.8 Å². The van der Waals surface area contributed by atoms with Gasteiger partial charge in [0.15, 0.2) is 0 Å². The summed E-state index contributed by atoms with van der Waals surface area (Å²) in [5.74, 6) is 1.90. The van der Waals surface area contributed by atoms with Crippen molar-refractivity contribution >= 4 is 39.2 Å². The van der Waals surface area contributed by atoms with E-state index in [-0.39, 0.29) is 0 Å². The quantitative estimate of drug-likeness (QED) is 0.472. The molecule has 0 radical (unpaired) electrons. The summed E-state index contributed by atoms with van der Waals surface area (Å²) in [6.07, 6.45) is 4.13. The van der Waals surface area contributed by atoms with Gasteiger partial charge in [0.1, 0.15) is 5.75 Å². The van der Waals surface area contributed by atoms with Crippen LogP contribution in [-0.2, 0) is 16.6 Å². The van der Waals surface area contributed by atoms with Crippen molar-refractivity contribution in [2.75, 3.05) is 54.4 Å². The third-order valence-electron chi connectivity index (χ3n) is 4.96. The van der Waals surface area contributed by atoms with Gasteiger partial charge in [-0.05, 0) is 31.3 Å². The molecule has 4 rings (SSSR count). The normalized spacial score (nSPS) is 14.6. The highest BCUT2D eigenvalue weighted by Crippen LogP contribution is 2.25. The molecule has 0 bridgehead atoms. The van der Waals surface area contributed by atoms with E-state index in [0.29, 0.717) is 46.5 Å². The van der Waals surface area contributed by atoms with Crippen molar-refractivity contribution < 1.29 is 13.2 Å². The molecule has 1 aliphatic heterocycles. The van der Waals surface area contributed by atoms with Gasteiger partial charge in [0.05, 0.1) is 35.9 Å². The minimum Gasteiger partial charge on any atom is -0.439 e. The van der Waals surface area contributed by atoms with E-state index in [1.165, 1.54) is 12.4 Å². The topological polar surface area (TPSA) is 125 Å². The predicted molar refractivity (Wildman–Crippen MR) is 131 cm³/mol. The van der Waals surface area contributed by atoms with Gasteiger partial charge in [-0.25, -0.2) is 23.4 Å². The molecule has 0 saturated carbocycles. The highest BCUT2D eigenvalue weighted by molar-refractivity contribution is 7.92. The molecule has 1 aromatic carbocycles. The molecule has 0 unspecified atom stereocenters. The fourth-order valence-corrected chi connectivity index (χ4v) is 3.91. The van der Waals surface area contributed by atoms with Crippen LogP contribution in [0.4, 0.5) is 17.6 Å². The lowest BCUT2D eigenvalue weighted by Crippen LogP contribution is -2.45. The molecule has 3 heterocycles. The molecule has 3 aromatic rings. The van der Waals surface area contributed by atoms with Crippen molar-refractivity contribution in [2.45, 2.75) is 6.54 Å². The number of nitrogens with zero attached hydrogens (tertiary/aromatic N) is 6. The fraction of sp³-hybridized carbons (Fsp3) is 0.333. The number of sulfonamides is 1. The summed E-state index contributed by atoms with van der Waals surface area (Å²) in [4.78, 5) is 22.0. The summed E-state index contributed by atoms with van der Waals surface area (Å²) in [6, 6.07) is 8.33.